The molecule has 7 nitrogen and oxygen atoms in total. The molecular formula is C20H23N3O4S. The van der Waals surface area contributed by atoms with Crippen molar-refractivity contribution in [2.24, 2.45) is 0 Å². The van der Waals surface area contributed by atoms with E-state index in [-0.39, 0.29) is 16.5 Å². The third kappa shape index (κ3) is 3.57. The number of rotatable bonds is 4. The lowest BCUT2D eigenvalue weighted by Crippen LogP contribution is -2.45. The van der Waals surface area contributed by atoms with E-state index >= 15 is 0 Å². The van der Waals surface area contributed by atoms with Crippen LogP contribution in [0.3, 0.4) is 0 Å². The van der Waals surface area contributed by atoms with Gasteiger partial charge in [-0.3, -0.25) is 4.98 Å². The molecule has 3 aromatic rings. The van der Waals surface area contributed by atoms with E-state index < -0.39 is 15.8 Å². The number of fused-ring (bicyclic) bond motifs is 1. The summed E-state index contributed by atoms with van der Waals surface area (Å²) in [6.45, 7) is 5.00. The molecule has 0 bridgehead atoms. The minimum Gasteiger partial charge on any atom is -0.408 e. The second-order valence-corrected chi connectivity index (χ2v) is 9.26. The zero-order valence-electron chi connectivity index (χ0n) is 15.9. The first-order valence-electron chi connectivity index (χ1n) is 9.30. The van der Waals surface area contributed by atoms with Crippen molar-refractivity contribution in [3.8, 4) is 0 Å². The Morgan fingerprint density at radius 2 is 1.96 bits per heavy atom. The van der Waals surface area contributed by atoms with Gasteiger partial charge in [-0.1, -0.05) is 6.07 Å². The highest BCUT2D eigenvalue weighted by Crippen LogP contribution is 2.25. The number of nitrogens with one attached hydrogen (secondary N) is 2. The molecule has 1 aliphatic heterocycles. The Bertz CT molecular complexity index is 1180. The van der Waals surface area contributed by atoms with Crippen molar-refractivity contribution in [1.29, 1.82) is 0 Å². The van der Waals surface area contributed by atoms with E-state index in [1.165, 1.54) is 27.6 Å². The molecule has 0 saturated carbocycles. The molecule has 4 rings (SSSR count). The molecule has 28 heavy (non-hydrogen) atoms. The summed E-state index contributed by atoms with van der Waals surface area (Å²) in [4.78, 5) is 14.0. The van der Waals surface area contributed by atoms with Crippen molar-refractivity contribution >= 4 is 26.8 Å². The lowest BCUT2D eigenvalue weighted by molar-refractivity contribution is 0.327. The van der Waals surface area contributed by atoms with Crippen LogP contribution in [0.5, 0.6) is 0 Å². The normalized spacial score (nSPS) is 18.4. The standard InChI is InChI=1S/C20H23N3O4S/c1-13-5-6-15(10-14(13)2)21-16-4-3-9-23(12-16)28(25,26)17-7-8-18-19(11-17)27-20(24)22-18/h5-8,10-11,16,21H,3-4,9,12H2,1-2H3,(H,22,24). The maximum atomic E-state index is 13.1. The lowest BCUT2D eigenvalue weighted by atomic mass is 10.1. The van der Waals surface area contributed by atoms with Gasteiger partial charge in [-0.15, -0.1) is 0 Å². The molecule has 8 heteroatoms. The number of sulfonamides is 1. The fourth-order valence-corrected chi connectivity index (χ4v) is 5.12. The Morgan fingerprint density at radius 3 is 2.75 bits per heavy atom. The minimum atomic E-state index is -3.67. The molecule has 1 fully saturated rings. The molecule has 0 radical (unpaired) electrons. The maximum absolute atomic E-state index is 13.1. The van der Waals surface area contributed by atoms with Crippen molar-refractivity contribution in [2.75, 3.05) is 18.4 Å². The zero-order valence-corrected chi connectivity index (χ0v) is 16.7. The summed E-state index contributed by atoms with van der Waals surface area (Å²) in [5.41, 5.74) is 4.16. The molecule has 1 saturated heterocycles. The van der Waals surface area contributed by atoms with Gasteiger partial charge >= 0.3 is 5.76 Å². The van der Waals surface area contributed by atoms with Crippen LogP contribution in [-0.4, -0.2) is 36.8 Å². The van der Waals surface area contributed by atoms with E-state index in [2.05, 4.69) is 36.3 Å². The van der Waals surface area contributed by atoms with Gasteiger partial charge in [0.15, 0.2) is 5.58 Å². The number of aromatic amines is 1. The smallest absolute Gasteiger partial charge is 0.408 e. The summed E-state index contributed by atoms with van der Waals surface area (Å²) >= 11 is 0. The molecule has 1 aromatic heterocycles. The van der Waals surface area contributed by atoms with Crippen molar-refractivity contribution in [1.82, 2.24) is 9.29 Å². The fraction of sp³-hybridized carbons (Fsp3) is 0.350. The monoisotopic (exact) mass is 401 g/mol. The number of hydrogen-bond acceptors (Lipinski definition) is 5. The van der Waals surface area contributed by atoms with Gasteiger partial charge in [0.1, 0.15) is 0 Å². The number of piperidine rings is 1. The van der Waals surface area contributed by atoms with E-state index in [1.807, 2.05) is 6.07 Å². The van der Waals surface area contributed by atoms with Crippen molar-refractivity contribution in [3.05, 3.63) is 58.1 Å². The van der Waals surface area contributed by atoms with Gasteiger partial charge in [0.25, 0.3) is 0 Å². The Kier molecular flexibility index (Phi) is 4.76. The lowest BCUT2D eigenvalue weighted by Gasteiger charge is -2.33. The van der Waals surface area contributed by atoms with Gasteiger partial charge in [0.05, 0.1) is 10.4 Å². The Labute approximate surface area is 163 Å². The molecule has 1 unspecified atom stereocenters. The molecule has 2 N–H and O–H groups in total. The highest BCUT2D eigenvalue weighted by molar-refractivity contribution is 7.89. The molecule has 1 aliphatic rings. The Hall–Kier alpha value is -2.58. The van der Waals surface area contributed by atoms with Crippen molar-refractivity contribution < 1.29 is 12.8 Å². The van der Waals surface area contributed by atoms with Crippen LogP contribution >= 0.6 is 0 Å². The Balaban J connectivity index is 1.55. The van der Waals surface area contributed by atoms with Crippen LogP contribution in [0.4, 0.5) is 5.69 Å². The number of aromatic nitrogens is 1. The van der Waals surface area contributed by atoms with E-state index in [0.29, 0.717) is 18.6 Å². The first-order chi connectivity index (χ1) is 13.3. The summed E-state index contributed by atoms with van der Waals surface area (Å²) in [6, 6.07) is 10.7. The highest BCUT2D eigenvalue weighted by Gasteiger charge is 2.30. The number of benzene rings is 2. The van der Waals surface area contributed by atoms with Crippen LogP contribution in [0.2, 0.25) is 0 Å². The molecule has 148 valence electrons. The van der Waals surface area contributed by atoms with Gasteiger partial charge in [-0.25, -0.2) is 13.2 Å². The van der Waals surface area contributed by atoms with Gasteiger partial charge in [-0.05, 0) is 62.1 Å². The van der Waals surface area contributed by atoms with Crippen LogP contribution in [-0.2, 0) is 10.0 Å². The van der Waals surface area contributed by atoms with Crippen molar-refractivity contribution in [2.45, 2.75) is 37.6 Å². The number of hydrogen-bond donors (Lipinski definition) is 2. The van der Waals surface area contributed by atoms with Gasteiger partial charge in [0.2, 0.25) is 10.0 Å². The summed E-state index contributed by atoms with van der Waals surface area (Å²) in [6.07, 6.45) is 1.69. The number of H-pyrrole nitrogens is 1. The summed E-state index contributed by atoms with van der Waals surface area (Å²) in [5.74, 6) is -0.597. The average molecular weight is 401 g/mol. The number of oxazole rings is 1. The largest absolute Gasteiger partial charge is 0.417 e. The predicted octanol–water partition coefficient (Wildman–Crippen LogP) is 3.00. The number of aryl methyl sites for hydroxylation is 2. The van der Waals surface area contributed by atoms with E-state index in [0.717, 1.165) is 18.5 Å². The maximum Gasteiger partial charge on any atom is 0.417 e. The summed E-state index contributed by atoms with van der Waals surface area (Å²) in [5, 5.41) is 3.46. The van der Waals surface area contributed by atoms with E-state index in [1.54, 1.807) is 6.07 Å². The molecular weight excluding hydrogens is 378 g/mol. The van der Waals surface area contributed by atoms with Crippen LogP contribution in [0.1, 0.15) is 24.0 Å². The van der Waals surface area contributed by atoms with Crippen LogP contribution in [0, 0.1) is 13.8 Å². The van der Waals surface area contributed by atoms with E-state index in [4.69, 9.17) is 4.42 Å². The fourth-order valence-electron chi connectivity index (χ4n) is 3.58. The number of anilines is 1. The first kappa shape index (κ1) is 18.8. The summed E-state index contributed by atoms with van der Waals surface area (Å²) in [7, 11) is -3.67. The molecule has 1 atom stereocenters. The van der Waals surface area contributed by atoms with Crippen molar-refractivity contribution in [3.63, 3.8) is 0 Å². The third-order valence-electron chi connectivity index (χ3n) is 5.29. The Morgan fingerprint density at radius 1 is 1.14 bits per heavy atom. The molecule has 0 aliphatic carbocycles. The molecule has 0 amide bonds. The minimum absolute atomic E-state index is 0.0413. The average Bonchev–Trinajstić information content (AvgIpc) is 3.04. The third-order valence-corrected chi connectivity index (χ3v) is 7.15. The zero-order chi connectivity index (χ0) is 19.9. The molecule has 2 aromatic carbocycles. The first-order valence-corrected chi connectivity index (χ1v) is 10.7. The predicted molar refractivity (Wildman–Crippen MR) is 108 cm³/mol. The van der Waals surface area contributed by atoms with Gasteiger partial charge in [0, 0.05) is 30.9 Å². The molecule has 0 spiro atoms. The van der Waals surface area contributed by atoms with E-state index in [9.17, 15) is 13.2 Å². The van der Waals surface area contributed by atoms with Crippen LogP contribution < -0.4 is 11.1 Å². The van der Waals surface area contributed by atoms with Crippen LogP contribution in [0.25, 0.3) is 11.1 Å². The molecule has 2 heterocycles. The highest BCUT2D eigenvalue weighted by atomic mass is 32.2. The number of nitrogens with zero attached hydrogens (tertiary/aromatic N) is 1. The van der Waals surface area contributed by atoms with Gasteiger partial charge < -0.3 is 9.73 Å². The van der Waals surface area contributed by atoms with Gasteiger partial charge in [-0.2, -0.15) is 4.31 Å². The second kappa shape index (κ2) is 7.10. The summed E-state index contributed by atoms with van der Waals surface area (Å²) < 4.78 is 32.7. The second-order valence-electron chi connectivity index (χ2n) is 7.32. The SMILES string of the molecule is Cc1ccc(NC2CCCN(S(=O)(=O)c3ccc4[nH]c(=O)oc4c3)C2)cc1C. The topological polar surface area (TPSA) is 95.4 Å². The van der Waals surface area contributed by atoms with Crippen LogP contribution in [0.15, 0.2) is 50.5 Å². The quantitative estimate of drug-likeness (QED) is 0.701.